The number of amidine groups is 1. The number of hydrogen-bond acceptors (Lipinski definition) is 3. The maximum absolute atomic E-state index is 4.27. The lowest BCUT2D eigenvalue weighted by Gasteiger charge is -2.22. The molecular weight excluding hydrogens is 150 g/mol. The Labute approximate surface area is 74.8 Å². The van der Waals surface area contributed by atoms with Crippen LogP contribution >= 0.6 is 0 Å². The molecule has 0 spiro atoms. The summed E-state index contributed by atoms with van der Waals surface area (Å²) in [4.78, 5) is 2.39. The molecule has 0 saturated carbocycles. The van der Waals surface area contributed by atoms with Crippen LogP contribution in [0.5, 0.6) is 0 Å². The zero-order valence-electron chi connectivity index (χ0n) is 8.14. The zero-order chi connectivity index (χ0) is 8.81. The average molecular weight is 169 g/mol. The number of nitrogens with zero attached hydrogens (tertiary/aromatic N) is 2. The Kier molecular flexibility index (Phi) is 3.91. The highest BCUT2D eigenvalue weighted by Gasteiger charge is 2.12. The first-order valence-electron chi connectivity index (χ1n) is 4.92. The number of nitrogens with one attached hydrogen (secondary N) is 1. The molecule has 3 heteroatoms. The van der Waals surface area contributed by atoms with Crippen LogP contribution in [0.4, 0.5) is 0 Å². The van der Waals surface area contributed by atoms with Crippen molar-refractivity contribution in [3.05, 3.63) is 0 Å². The highest BCUT2D eigenvalue weighted by molar-refractivity contribution is 5.83. The van der Waals surface area contributed by atoms with E-state index in [4.69, 9.17) is 0 Å². The van der Waals surface area contributed by atoms with E-state index in [1.165, 1.54) is 18.7 Å². The van der Waals surface area contributed by atoms with Crippen LogP contribution in [0, 0.1) is 0 Å². The SMILES string of the molecule is CCCN(CCC)C1=NNCC1. The van der Waals surface area contributed by atoms with Crippen molar-refractivity contribution in [1.29, 1.82) is 0 Å². The second-order valence-electron chi connectivity index (χ2n) is 3.17. The van der Waals surface area contributed by atoms with E-state index in [9.17, 15) is 0 Å². The summed E-state index contributed by atoms with van der Waals surface area (Å²) in [5.41, 5.74) is 3.02. The van der Waals surface area contributed by atoms with Crippen molar-refractivity contribution in [1.82, 2.24) is 10.3 Å². The van der Waals surface area contributed by atoms with E-state index in [-0.39, 0.29) is 0 Å². The maximum atomic E-state index is 4.27. The molecule has 3 nitrogen and oxygen atoms in total. The van der Waals surface area contributed by atoms with Gasteiger partial charge >= 0.3 is 0 Å². The van der Waals surface area contributed by atoms with Gasteiger partial charge in [0.15, 0.2) is 0 Å². The van der Waals surface area contributed by atoms with Crippen molar-refractivity contribution in [2.45, 2.75) is 33.1 Å². The number of rotatable bonds is 4. The van der Waals surface area contributed by atoms with Gasteiger partial charge in [-0.3, -0.25) is 0 Å². The fourth-order valence-electron chi connectivity index (χ4n) is 1.51. The third-order valence-corrected chi connectivity index (χ3v) is 2.02. The van der Waals surface area contributed by atoms with Gasteiger partial charge in [-0.05, 0) is 12.8 Å². The predicted molar refractivity (Wildman–Crippen MR) is 52.2 cm³/mol. The topological polar surface area (TPSA) is 27.6 Å². The van der Waals surface area contributed by atoms with Gasteiger partial charge in [-0.2, -0.15) is 5.10 Å². The summed E-state index contributed by atoms with van der Waals surface area (Å²) in [5, 5.41) is 4.27. The first kappa shape index (κ1) is 9.36. The van der Waals surface area contributed by atoms with E-state index in [0.29, 0.717) is 0 Å². The first-order valence-corrected chi connectivity index (χ1v) is 4.92. The van der Waals surface area contributed by atoms with Gasteiger partial charge in [0.25, 0.3) is 0 Å². The Morgan fingerprint density at radius 1 is 1.33 bits per heavy atom. The maximum Gasteiger partial charge on any atom is 0.126 e. The van der Waals surface area contributed by atoms with Crippen LogP contribution in [0.25, 0.3) is 0 Å². The summed E-state index contributed by atoms with van der Waals surface area (Å²) in [6, 6.07) is 0. The van der Waals surface area contributed by atoms with Gasteiger partial charge in [0.2, 0.25) is 0 Å². The van der Waals surface area contributed by atoms with Crippen molar-refractivity contribution < 1.29 is 0 Å². The minimum Gasteiger partial charge on any atom is -0.359 e. The van der Waals surface area contributed by atoms with Crippen molar-refractivity contribution in [2.24, 2.45) is 5.10 Å². The molecule has 1 N–H and O–H groups in total. The second kappa shape index (κ2) is 5.01. The van der Waals surface area contributed by atoms with E-state index < -0.39 is 0 Å². The standard InChI is InChI=1S/C9H19N3/c1-3-7-12(8-4-2)9-5-6-10-11-9/h10H,3-8H2,1-2H3. The second-order valence-corrected chi connectivity index (χ2v) is 3.17. The Hall–Kier alpha value is -0.730. The van der Waals surface area contributed by atoms with Crippen molar-refractivity contribution in [3.63, 3.8) is 0 Å². The largest absolute Gasteiger partial charge is 0.359 e. The van der Waals surface area contributed by atoms with E-state index in [1.807, 2.05) is 0 Å². The molecule has 0 amide bonds. The first-order chi connectivity index (χ1) is 5.88. The molecule has 0 fully saturated rings. The van der Waals surface area contributed by atoms with E-state index in [0.717, 1.165) is 26.1 Å². The molecule has 0 saturated heterocycles. The van der Waals surface area contributed by atoms with E-state index in [1.54, 1.807) is 0 Å². The van der Waals surface area contributed by atoms with Crippen LogP contribution in [0.1, 0.15) is 33.1 Å². The molecule has 0 atom stereocenters. The summed E-state index contributed by atoms with van der Waals surface area (Å²) >= 11 is 0. The highest BCUT2D eigenvalue weighted by atomic mass is 15.4. The Bertz CT molecular complexity index is 148. The minimum atomic E-state index is 1.01. The molecule has 0 bridgehead atoms. The molecule has 70 valence electrons. The molecule has 1 aliphatic heterocycles. The van der Waals surface area contributed by atoms with Gasteiger partial charge in [-0.15, -0.1) is 0 Å². The molecule has 1 heterocycles. The minimum absolute atomic E-state index is 1.01. The Balaban J connectivity index is 2.40. The Morgan fingerprint density at radius 3 is 2.42 bits per heavy atom. The molecule has 12 heavy (non-hydrogen) atoms. The third-order valence-electron chi connectivity index (χ3n) is 2.02. The molecule has 0 unspecified atom stereocenters. The van der Waals surface area contributed by atoms with Gasteiger partial charge in [0, 0.05) is 26.1 Å². The fraction of sp³-hybridized carbons (Fsp3) is 0.889. The summed E-state index contributed by atoms with van der Waals surface area (Å²) in [6.45, 7) is 7.74. The smallest absolute Gasteiger partial charge is 0.126 e. The molecule has 0 aromatic rings. The van der Waals surface area contributed by atoms with Crippen LogP contribution < -0.4 is 5.43 Å². The van der Waals surface area contributed by atoms with Crippen molar-refractivity contribution in [3.8, 4) is 0 Å². The van der Waals surface area contributed by atoms with Crippen molar-refractivity contribution >= 4 is 5.84 Å². The van der Waals surface area contributed by atoms with E-state index in [2.05, 4.69) is 29.3 Å². The lowest BCUT2D eigenvalue weighted by Crippen LogP contribution is -2.31. The molecule has 0 radical (unpaired) electrons. The number of hydrazone groups is 1. The van der Waals surface area contributed by atoms with Gasteiger partial charge in [-0.1, -0.05) is 13.8 Å². The average Bonchev–Trinajstić information content (AvgIpc) is 2.56. The van der Waals surface area contributed by atoms with Gasteiger partial charge in [0.1, 0.15) is 5.84 Å². The highest BCUT2D eigenvalue weighted by Crippen LogP contribution is 2.03. The van der Waals surface area contributed by atoms with Crippen LogP contribution in [-0.2, 0) is 0 Å². The van der Waals surface area contributed by atoms with Crippen molar-refractivity contribution in [2.75, 3.05) is 19.6 Å². The van der Waals surface area contributed by atoms with Gasteiger partial charge in [0.05, 0.1) is 0 Å². The monoisotopic (exact) mass is 169 g/mol. The quantitative estimate of drug-likeness (QED) is 0.689. The van der Waals surface area contributed by atoms with Gasteiger partial charge < -0.3 is 10.3 Å². The lowest BCUT2D eigenvalue weighted by molar-refractivity contribution is 0.412. The van der Waals surface area contributed by atoms with Gasteiger partial charge in [-0.25, -0.2) is 0 Å². The molecule has 0 aromatic carbocycles. The normalized spacial score (nSPS) is 15.7. The summed E-state index contributed by atoms with van der Waals surface area (Å²) in [5.74, 6) is 1.25. The van der Waals surface area contributed by atoms with Crippen LogP contribution in [0.2, 0.25) is 0 Å². The molecular formula is C9H19N3. The molecule has 1 aliphatic rings. The van der Waals surface area contributed by atoms with Crippen LogP contribution in [0.15, 0.2) is 5.10 Å². The van der Waals surface area contributed by atoms with Crippen LogP contribution in [0.3, 0.4) is 0 Å². The summed E-state index contributed by atoms with van der Waals surface area (Å²) in [7, 11) is 0. The lowest BCUT2D eigenvalue weighted by atomic mass is 10.3. The molecule has 0 aliphatic carbocycles. The van der Waals surface area contributed by atoms with Crippen LogP contribution in [-0.4, -0.2) is 30.4 Å². The number of hydrogen-bond donors (Lipinski definition) is 1. The zero-order valence-corrected chi connectivity index (χ0v) is 8.14. The third kappa shape index (κ3) is 2.40. The molecule has 1 rings (SSSR count). The molecule has 0 aromatic heterocycles. The summed E-state index contributed by atoms with van der Waals surface area (Å²) in [6.07, 6.45) is 3.51. The van der Waals surface area contributed by atoms with E-state index >= 15 is 0 Å². The Morgan fingerprint density at radius 2 is 2.00 bits per heavy atom. The summed E-state index contributed by atoms with van der Waals surface area (Å²) < 4.78 is 0. The fourth-order valence-corrected chi connectivity index (χ4v) is 1.51. The predicted octanol–water partition coefficient (Wildman–Crippen LogP) is 1.42.